The summed E-state index contributed by atoms with van der Waals surface area (Å²) in [6, 6.07) is 17.1. The number of aromatic nitrogens is 4. The van der Waals surface area contributed by atoms with Crippen LogP contribution in [0.5, 0.6) is 17.5 Å². The highest BCUT2D eigenvalue weighted by Gasteiger charge is 2.16. The Kier molecular flexibility index (Phi) is 6.29. The summed E-state index contributed by atoms with van der Waals surface area (Å²) in [5.74, 6) is 2.22. The lowest BCUT2D eigenvalue weighted by Gasteiger charge is -2.10. The number of nitrogens with zero attached hydrogens (tertiary/aromatic N) is 4. The number of para-hydroxylation sites is 1. The molecule has 8 nitrogen and oxygen atoms in total. The first-order valence-electron chi connectivity index (χ1n) is 8.82. The summed E-state index contributed by atoms with van der Waals surface area (Å²) in [4.78, 5) is 25.3. The van der Waals surface area contributed by atoms with Gasteiger partial charge in [0.25, 0.3) is 0 Å². The molecule has 0 spiro atoms. The van der Waals surface area contributed by atoms with Crippen LogP contribution in [-0.2, 0) is 16.0 Å². The number of aryl methyl sites for hydroxylation is 1. The lowest BCUT2D eigenvalue weighted by molar-refractivity contribution is -0.191. The van der Waals surface area contributed by atoms with Crippen LogP contribution in [0.15, 0.2) is 60.8 Å². The third kappa shape index (κ3) is 4.45. The van der Waals surface area contributed by atoms with Crippen molar-refractivity contribution in [3.8, 4) is 29.0 Å². The maximum atomic E-state index is 8.12. The Morgan fingerprint density at radius 3 is 2.45 bits per heavy atom. The number of carbonyl (C=O) groups excluding carboxylic acids is 2. The van der Waals surface area contributed by atoms with Gasteiger partial charge < -0.3 is 9.47 Å². The minimum atomic E-state index is 0.250. The monoisotopic (exact) mass is 390 g/mol. The zero-order chi connectivity index (χ0) is 20.6. The Labute approximate surface area is 166 Å². The highest BCUT2D eigenvalue weighted by molar-refractivity contribution is 5.66. The van der Waals surface area contributed by atoms with Crippen LogP contribution in [0.3, 0.4) is 0 Å². The highest BCUT2D eigenvalue weighted by atomic mass is 16.5. The average Bonchev–Trinajstić information content (AvgIpc) is 3.18. The second kappa shape index (κ2) is 9.25. The van der Waals surface area contributed by atoms with Crippen LogP contribution < -0.4 is 9.47 Å². The van der Waals surface area contributed by atoms with E-state index >= 15 is 0 Å². The van der Waals surface area contributed by atoms with E-state index in [1.54, 1.807) is 17.7 Å². The first kappa shape index (κ1) is 19.7. The van der Waals surface area contributed by atoms with Crippen molar-refractivity contribution < 1.29 is 19.1 Å². The average molecular weight is 390 g/mol. The number of pyridine rings is 1. The molecule has 29 heavy (non-hydrogen) atoms. The molecule has 3 heterocycles. The van der Waals surface area contributed by atoms with Crippen molar-refractivity contribution in [2.45, 2.75) is 13.3 Å². The van der Waals surface area contributed by atoms with Gasteiger partial charge in [-0.05, 0) is 36.2 Å². The van der Waals surface area contributed by atoms with Gasteiger partial charge in [-0.1, -0.05) is 31.2 Å². The third-order valence-electron chi connectivity index (χ3n) is 4.06. The first-order valence-corrected chi connectivity index (χ1v) is 8.82. The molecule has 1 aromatic carbocycles. The standard InChI is InChI=1S/C20H18N4O2.CO2/c1-3-14-12-13-24-18(14)20(26-15-8-5-4-6-9-15)22-19(23-24)16-10-7-11-17(21-16)25-2;2-1-3/h4-13H,3H2,1-2H3;. The summed E-state index contributed by atoms with van der Waals surface area (Å²) in [6.07, 6.45) is 3.03. The molecule has 0 bridgehead atoms. The van der Waals surface area contributed by atoms with Crippen LogP contribution in [0.4, 0.5) is 0 Å². The molecule has 0 fully saturated rings. The van der Waals surface area contributed by atoms with Gasteiger partial charge in [-0.3, -0.25) is 0 Å². The van der Waals surface area contributed by atoms with Gasteiger partial charge in [-0.2, -0.15) is 14.6 Å². The quantitative estimate of drug-likeness (QED) is 0.514. The van der Waals surface area contributed by atoms with Crippen molar-refractivity contribution >= 4 is 11.7 Å². The van der Waals surface area contributed by atoms with E-state index in [0.29, 0.717) is 23.3 Å². The van der Waals surface area contributed by atoms with Gasteiger partial charge in [-0.25, -0.2) is 9.50 Å². The molecule has 0 saturated carbocycles. The molecule has 0 aliphatic heterocycles. The Hall–Kier alpha value is -4.03. The number of hydrogen-bond donors (Lipinski definition) is 0. The molecule has 146 valence electrons. The number of hydrogen-bond acceptors (Lipinski definition) is 7. The molecule has 0 radical (unpaired) electrons. The van der Waals surface area contributed by atoms with E-state index < -0.39 is 0 Å². The Bertz CT molecular complexity index is 1140. The molecule has 3 aromatic heterocycles. The first-order chi connectivity index (χ1) is 14.2. The van der Waals surface area contributed by atoms with E-state index in [0.717, 1.165) is 23.3 Å². The van der Waals surface area contributed by atoms with E-state index in [1.165, 1.54) is 0 Å². The van der Waals surface area contributed by atoms with Crippen LogP contribution in [0.2, 0.25) is 0 Å². The molecule has 0 atom stereocenters. The van der Waals surface area contributed by atoms with Crippen molar-refractivity contribution in [2.75, 3.05) is 7.11 Å². The van der Waals surface area contributed by atoms with E-state index in [1.807, 2.05) is 54.7 Å². The summed E-state index contributed by atoms with van der Waals surface area (Å²) >= 11 is 0. The molecule has 0 aliphatic rings. The van der Waals surface area contributed by atoms with E-state index in [2.05, 4.69) is 22.0 Å². The minimum absolute atomic E-state index is 0.250. The van der Waals surface area contributed by atoms with Crippen LogP contribution in [0.25, 0.3) is 17.0 Å². The van der Waals surface area contributed by atoms with Crippen LogP contribution >= 0.6 is 0 Å². The van der Waals surface area contributed by atoms with Crippen molar-refractivity contribution in [1.29, 1.82) is 0 Å². The predicted octanol–water partition coefficient (Wildman–Crippen LogP) is 3.57. The fraction of sp³-hybridized carbons (Fsp3) is 0.143. The van der Waals surface area contributed by atoms with Gasteiger partial charge in [0.15, 0.2) is 0 Å². The van der Waals surface area contributed by atoms with Gasteiger partial charge in [0.2, 0.25) is 17.6 Å². The number of ether oxygens (including phenoxy) is 2. The zero-order valence-electron chi connectivity index (χ0n) is 15.9. The van der Waals surface area contributed by atoms with Crippen molar-refractivity contribution in [1.82, 2.24) is 19.6 Å². The summed E-state index contributed by atoms with van der Waals surface area (Å²) in [7, 11) is 1.58. The molecule has 0 amide bonds. The Morgan fingerprint density at radius 2 is 1.76 bits per heavy atom. The van der Waals surface area contributed by atoms with E-state index in [9.17, 15) is 0 Å². The third-order valence-corrected chi connectivity index (χ3v) is 4.06. The van der Waals surface area contributed by atoms with Crippen molar-refractivity contribution in [2.24, 2.45) is 0 Å². The van der Waals surface area contributed by atoms with Gasteiger partial charge in [0, 0.05) is 12.3 Å². The molecule has 0 N–H and O–H groups in total. The summed E-state index contributed by atoms with van der Waals surface area (Å²) in [5.41, 5.74) is 2.61. The van der Waals surface area contributed by atoms with Crippen LogP contribution in [0.1, 0.15) is 12.5 Å². The highest BCUT2D eigenvalue weighted by Crippen LogP contribution is 2.29. The van der Waals surface area contributed by atoms with E-state index in [4.69, 9.17) is 19.1 Å². The molecule has 8 heteroatoms. The molecular weight excluding hydrogens is 372 g/mol. The lowest BCUT2D eigenvalue weighted by Crippen LogP contribution is -2.03. The normalized spacial score (nSPS) is 10.0. The van der Waals surface area contributed by atoms with Crippen molar-refractivity contribution in [3.05, 3.63) is 66.4 Å². The largest absolute Gasteiger partial charge is 0.481 e. The second-order valence-corrected chi connectivity index (χ2v) is 5.79. The van der Waals surface area contributed by atoms with Gasteiger partial charge in [0.05, 0.1) is 7.11 Å². The Morgan fingerprint density at radius 1 is 1.00 bits per heavy atom. The molecule has 0 unspecified atom stereocenters. The maximum absolute atomic E-state index is 8.12. The molecule has 4 rings (SSSR count). The maximum Gasteiger partial charge on any atom is 0.373 e. The molecular formula is C21H18N4O4. The predicted molar refractivity (Wildman–Crippen MR) is 104 cm³/mol. The summed E-state index contributed by atoms with van der Waals surface area (Å²) in [5, 5.41) is 4.60. The fourth-order valence-corrected chi connectivity index (χ4v) is 2.77. The molecule has 4 aromatic rings. The minimum Gasteiger partial charge on any atom is -0.481 e. The number of fused-ring (bicyclic) bond motifs is 1. The van der Waals surface area contributed by atoms with Gasteiger partial charge in [0.1, 0.15) is 17.0 Å². The zero-order valence-corrected chi connectivity index (χ0v) is 15.9. The van der Waals surface area contributed by atoms with Crippen LogP contribution in [0, 0.1) is 0 Å². The van der Waals surface area contributed by atoms with E-state index in [-0.39, 0.29) is 6.15 Å². The summed E-state index contributed by atoms with van der Waals surface area (Å²) < 4.78 is 13.1. The SMILES string of the molecule is CCc1ccn2nc(-c3cccc(OC)n3)nc(Oc3ccccc3)c12.O=C=O. The van der Waals surface area contributed by atoms with Crippen LogP contribution in [-0.4, -0.2) is 32.8 Å². The Balaban J connectivity index is 0.000000755. The number of methoxy groups -OCH3 is 1. The number of benzene rings is 1. The molecule has 0 saturated heterocycles. The second-order valence-electron chi connectivity index (χ2n) is 5.79. The lowest BCUT2D eigenvalue weighted by atomic mass is 10.2. The van der Waals surface area contributed by atoms with Crippen molar-refractivity contribution in [3.63, 3.8) is 0 Å². The topological polar surface area (TPSA) is 95.7 Å². The van der Waals surface area contributed by atoms with Gasteiger partial charge in [-0.15, -0.1) is 5.10 Å². The molecule has 0 aliphatic carbocycles. The smallest absolute Gasteiger partial charge is 0.373 e. The van der Waals surface area contributed by atoms with Gasteiger partial charge >= 0.3 is 6.15 Å². The summed E-state index contributed by atoms with van der Waals surface area (Å²) in [6.45, 7) is 2.10. The number of rotatable bonds is 5. The fourth-order valence-electron chi connectivity index (χ4n) is 2.77.